The smallest absolute Gasteiger partial charge is 0.331 e. The van der Waals surface area contributed by atoms with Crippen LogP contribution in [0.4, 0.5) is 0 Å². The van der Waals surface area contributed by atoms with Crippen LogP contribution in [-0.4, -0.2) is 52.0 Å². The number of hydrogen-bond acceptors (Lipinski definition) is 7. The van der Waals surface area contributed by atoms with Gasteiger partial charge in [0.2, 0.25) is 0 Å². The SMILES string of the molecule is COc1ccc(/C=C/C(=O)OCC(=O)NC[C@@H]2COc3ccccc3O2)c(OC)c1. The zero-order valence-corrected chi connectivity index (χ0v) is 16.8. The van der Waals surface area contributed by atoms with E-state index in [0.29, 0.717) is 35.2 Å². The lowest BCUT2D eigenvalue weighted by Crippen LogP contribution is -2.42. The summed E-state index contributed by atoms with van der Waals surface area (Å²) in [5.74, 6) is 1.42. The number of ether oxygens (including phenoxy) is 5. The molecule has 158 valence electrons. The van der Waals surface area contributed by atoms with Crippen molar-refractivity contribution in [3.8, 4) is 23.0 Å². The number of methoxy groups -OCH3 is 2. The lowest BCUT2D eigenvalue weighted by molar-refractivity contribution is -0.143. The van der Waals surface area contributed by atoms with Crippen LogP contribution in [0.5, 0.6) is 23.0 Å². The largest absolute Gasteiger partial charge is 0.497 e. The lowest BCUT2D eigenvalue weighted by atomic mass is 10.2. The molecule has 3 rings (SSSR count). The highest BCUT2D eigenvalue weighted by molar-refractivity contribution is 5.89. The topological polar surface area (TPSA) is 92.3 Å². The maximum atomic E-state index is 11.9. The summed E-state index contributed by atoms with van der Waals surface area (Å²) in [5.41, 5.74) is 0.675. The van der Waals surface area contributed by atoms with Gasteiger partial charge >= 0.3 is 5.97 Å². The maximum absolute atomic E-state index is 11.9. The van der Waals surface area contributed by atoms with Crippen molar-refractivity contribution >= 4 is 18.0 Å². The van der Waals surface area contributed by atoms with Gasteiger partial charge in [0, 0.05) is 17.7 Å². The van der Waals surface area contributed by atoms with Crippen molar-refractivity contribution in [2.24, 2.45) is 0 Å². The fourth-order valence-electron chi connectivity index (χ4n) is 2.74. The Balaban J connectivity index is 1.42. The molecule has 0 radical (unpaired) electrons. The molecule has 0 unspecified atom stereocenters. The Hall–Kier alpha value is -3.68. The summed E-state index contributed by atoms with van der Waals surface area (Å²) in [5, 5.41) is 2.66. The zero-order valence-electron chi connectivity index (χ0n) is 16.8. The van der Waals surface area contributed by atoms with Gasteiger partial charge in [-0.3, -0.25) is 4.79 Å². The molecule has 8 nitrogen and oxygen atoms in total. The van der Waals surface area contributed by atoms with Crippen molar-refractivity contribution in [3.63, 3.8) is 0 Å². The number of nitrogens with one attached hydrogen (secondary N) is 1. The summed E-state index contributed by atoms with van der Waals surface area (Å²) in [6, 6.07) is 12.5. The van der Waals surface area contributed by atoms with Crippen molar-refractivity contribution in [2.75, 3.05) is 34.0 Å². The number of carbonyl (C=O) groups is 2. The first kappa shape index (κ1) is 21.0. The van der Waals surface area contributed by atoms with E-state index in [0.717, 1.165) is 0 Å². The fourth-order valence-corrected chi connectivity index (χ4v) is 2.74. The van der Waals surface area contributed by atoms with Crippen LogP contribution in [-0.2, 0) is 14.3 Å². The standard InChI is InChI=1S/C22H23NO7/c1-26-16-9-7-15(20(11-16)27-2)8-10-22(25)29-14-21(24)23-12-17-13-28-18-5-3-4-6-19(18)30-17/h3-11,17H,12-14H2,1-2H3,(H,23,24)/b10-8+/t17-/m1/s1. The second-order valence-electron chi connectivity index (χ2n) is 6.35. The first-order chi connectivity index (χ1) is 14.6. The number of amides is 1. The Morgan fingerprint density at radius 1 is 1.13 bits per heavy atom. The van der Waals surface area contributed by atoms with E-state index < -0.39 is 18.5 Å². The van der Waals surface area contributed by atoms with Gasteiger partial charge in [-0.1, -0.05) is 12.1 Å². The van der Waals surface area contributed by atoms with E-state index in [1.807, 2.05) is 18.2 Å². The lowest BCUT2D eigenvalue weighted by Gasteiger charge is -2.26. The first-order valence-corrected chi connectivity index (χ1v) is 9.31. The molecule has 1 atom stereocenters. The summed E-state index contributed by atoms with van der Waals surface area (Å²) >= 11 is 0. The van der Waals surface area contributed by atoms with Gasteiger partial charge in [0.25, 0.3) is 5.91 Å². The number of esters is 1. The van der Waals surface area contributed by atoms with Crippen LogP contribution in [0.3, 0.4) is 0 Å². The molecular weight excluding hydrogens is 390 g/mol. The molecule has 0 aromatic heterocycles. The molecule has 0 aliphatic carbocycles. The van der Waals surface area contributed by atoms with Crippen LogP contribution in [0.15, 0.2) is 48.5 Å². The van der Waals surface area contributed by atoms with Gasteiger partial charge in [-0.15, -0.1) is 0 Å². The molecule has 1 amide bonds. The summed E-state index contributed by atoms with van der Waals surface area (Å²) in [6.45, 7) is 0.167. The number of benzene rings is 2. The van der Waals surface area contributed by atoms with Gasteiger partial charge in [0.15, 0.2) is 18.1 Å². The van der Waals surface area contributed by atoms with E-state index in [1.165, 1.54) is 13.2 Å². The van der Waals surface area contributed by atoms with Crippen molar-refractivity contribution < 1.29 is 33.3 Å². The average Bonchev–Trinajstić information content (AvgIpc) is 2.79. The van der Waals surface area contributed by atoms with E-state index in [-0.39, 0.29) is 12.6 Å². The summed E-state index contributed by atoms with van der Waals surface area (Å²) in [4.78, 5) is 23.8. The predicted octanol–water partition coefficient (Wildman–Crippen LogP) is 2.22. The van der Waals surface area contributed by atoms with Crippen molar-refractivity contribution in [2.45, 2.75) is 6.10 Å². The molecule has 0 spiro atoms. The van der Waals surface area contributed by atoms with Crippen molar-refractivity contribution in [1.29, 1.82) is 0 Å². The van der Waals surface area contributed by atoms with E-state index >= 15 is 0 Å². The van der Waals surface area contributed by atoms with Gasteiger partial charge < -0.3 is 29.0 Å². The normalized spacial score (nSPS) is 14.8. The number of hydrogen-bond donors (Lipinski definition) is 1. The molecule has 0 bridgehead atoms. The molecule has 2 aromatic carbocycles. The van der Waals surface area contributed by atoms with Gasteiger partial charge in [-0.2, -0.15) is 0 Å². The van der Waals surface area contributed by atoms with Crippen molar-refractivity contribution in [1.82, 2.24) is 5.32 Å². The van der Waals surface area contributed by atoms with E-state index in [1.54, 1.807) is 37.5 Å². The second kappa shape index (κ2) is 10.2. The molecule has 1 N–H and O–H groups in total. The average molecular weight is 413 g/mol. The Morgan fingerprint density at radius 3 is 2.70 bits per heavy atom. The highest BCUT2D eigenvalue weighted by Gasteiger charge is 2.21. The van der Waals surface area contributed by atoms with E-state index in [2.05, 4.69) is 5.32 Å². The minimum absolute atomic E-state index is 0.240. The van der Waals surface area contributed by atoms with Crippen LogP contribution in [0.25, 0.3) is 6.08 Å². The minimum Gasteiger partial charge on any atom is -0.497 e. The van der Waals surface area contributed by atoms with Gasteiger partial charge in [-0.05, 0) is 30.3 Å². The number of fused-ring (bicyclic) bond motifs is 1. The van der Waals surface area contributed by atoms with Crippen LogP contribution in [0.1, 0.15) is 5.56 Å². The van der Waals surface area contributed by atoms with Crippen molar-refractivity contribution in [3.05, 3.63) is 54.1 Å². The Labute approximate surface area is 174 Å². The summed E-state index contributed by atoms with van der Waals surface area (Å²) in [6.07, 6.45) is 2.46. The molecule has 30 heavy (non-hydrogen) atoms. The van der Waals surface area contributed by atoms with Crippen LogP contribution in [0, 0.1) is 0 Å². The summed E-state index contributed by atoms with van der Waals surface area (Å²) < 4.78 is 26.7. The van der Waals surface area contributed by atoms with Gasteiger partial charge in [0.05, 0.1) is 20.8 Å². The number of para-hydroxylation sites is 2. The molecule has 1 aliphatic heterocycles. The quantitative estimate of drug-likeness (QED) is 0.524. The Bertz CT molecular complexity index is 925. The molecule has 0 fully saturated rings. The molecular formula is C22H23NO7. The zero-order chi connectivity index (χ0) is 21.3. The second-order valence-corrected chi connectivity index (χ2v) is 6.35. The Kier molecular flexibility index (Phi) is 7.15. The molecule has 0 saturated carbocycles. The molecule has 1 heterocycles. The predicted molar refractivity (Wildman–Crippen MR) is 109 cm³/mol. The fraction of sp³-hybridized carbons (Fsp3) is 0.273. The van der Waals surface area contributed by atoms with Gasteiger partial charge in [0.1, 0.15) is 24.2 Å². The number of carbonyl (C=O) groups excluding carboxylic acids is 2. The van der Waals surface area contributed by atoms with E-state index in [4.69, 9.17) is 23.7 Å². The molecule has 0 saturated heterocycles. The number of rotatable bonds is 8. The third kappa shape index (κ3) is 5.66. The first-order valence-electron chi connectivity index (χ1n) is 9.31. The highest BCUT2D eigenvalue weighted by Crippen LogP contribution is 2.30. The van der Waals surface area contributed by atoms with Crippen LogP contribution >= 0.6 is 0 Å². The van der Waals surface area contributed by atoms with Crippen LogP contribution < -0.4 is 24.3 Å². The maximum Gasteiger partial charge on any atom is 0.331 e. The Morgan fingerprint density at radius 2 is 1.93 bits per heavy atom. The molecule has 8 heteroatoms. The van der Waals surface area contributed by atoms with E-state index in [9.17, 15) is 9.59 Å². The third-order valence-corrected chi connectivity index (χ3v) is 4.28. The third-order valence-electron chi connectivity index (χ3n) is 4.28. The summed E-state index contributed by atoms with van der Waals surface area (Å²) in [7, 11) is 3.08. The monoisotopic (exact) mass is 413 g/mol. The molecule has 1 aliphatic rings. The van der Waals surface area contributed by atoms with Crippen LogP contribution in [0.2, 0.25) is 0 Å². The molecule has 2 aromatic rings. The minimum atomic E-state index is -0.644. The van der Waals surface area contributed by atoms with Gasteiger partial charge in [-0.25, -0.2) is 4.79 Å². The highest BCUT2D eigenvalue weighted by atomic mass is 16.6.